The number of amides is 1. The maximum absolute atomic E-state index is 12.7. The molecular weight excluding hydrogens is 370 g/mol. The van der Waals surface area contributed by atoms with Gasteiger partial charge in [-0.05, 0) is 25.7 Å². The van der Waals surface area contributed by atoms with E-state index in [0.717, 1.165) is 42.8 Å². The number of nitrogens with zero attached hydrogens (tertiary/aromatic N) is 5. The first-order valence-corrected chi connectivity index (χ1v) is 10.2. The van der Waals surface area contributed by atoms with Crippen molar-refractivity contribution in [3.05, 3.63) is 29.2 Å². The van der Waals surface area contributed by atoms with Crippen LogP contribution in [0.4, 0.5) is 11.8 Å². The number of anilines is 2. The van der Waals surface area contributed by atoms with E-state index in [4.69, 9.17) is 10.5 Å². The van der Waals surface area contributed by atoms with E-state index in [2.05, 4.69) is 20.4 Å². The Morgan fingerprint density at radius 3 is 2.90 bits per heavy atom. The van der Waals surface area contributed by atoms with E-state index in [9.17, 15) is 4.79 Å². The van der Waals surface area contributed by atoms with Gasteiger partial charge in [-0.15, -0.1) is 0 Å². The van der Waals surface area contributed by atoms with E-state index >= 15 is 0 Å². The third-order valence-electron chi connectivity index (χ3n) is 5.87. The Kier molecular flexibility index (Phi) is 5.66. The standard InChI is InChI=1S/C20H29N7O2/c1-26-12-14(11-23-26)18-13(9-17(28)27(18)7-8-29-2)10-22-19-15-5-3-4-6-16(15)24-20(21)25-19/h11-13,18H,3-10H2,1-2H3,(H3,21,22,24,25)/t13-,18+/m1/s1. The molecule has 156 valence electrons. The Morgan fingerprint density at radius 1 is 1.31 bits per heavy atom. The summed E-state index contributed by atoms with van der Waals surface area (Å²) in [5.74, 6) is 1.38. The highest BCUT2D eigenvalue weighted by Crippen LogP contribution is 2.38. The smallest absolute Gasteiger partial charge is 0.223 e. The quantitative estimate of drug-likeness (QED) is 0.722. The van der Waals surface area contributed by atoms with Crippen molar-refractivity contribution >= 4 is 17.7 Å². The number of hydrogen-bond donors (Lipinski definition) is 2. The number of methoxy groups -OCH3 is 1. The van der Waals surface area contributed by atoms with Crippen LogP contribution in [0.25, 0.3) is 0 Å². The Labute approximate surface area is 170 Å². The summed E-state index contributed by atoms with van der Waals surface area (Å²) in [6, 6.07) is -0.0335. The molecule has 1 saturated heterocycles. The van der Waals surface area contributed by atoms with Crippen molar-refractivity contribution in [3.63, 3.8) is 0 Å². The van der Waals surface area contributed by atoms with E-state index < -0.39 is 0 Å². The molecule has 9 nitrogen and oxygen atoms in total. The largest absolute Gasteiger partial charge is 0.383 e. The van der Waals surface area contributed by atoms with E-state index in [-0.39, 0.29) is 17.9 Å². The molecule has 1 aliphatic carbocycles. The Hall–Kier alpha value is -2.68. The van der Waals surface area contributed by atoms with Crippen LogP contribution in [0.15, 0.2) is 12.4 Å². The van der Waals surface area contributed by atoms with Crippen LogP contribution in [0.1, 0.15) is 42.1 Å². The molecule has 0 bridgehead atoms. The molecule has 3 heterocycles. The third-order valence-corrected chi connectivity index (χ3v) is 5.87. The van der Waals surface area contributed by atoms with E-state index in [1.807, 2.05) is 24.3 Å². The summed E-state index contributed by atoms with van der Waals surface area (Å²) in [5, 5.41) is 7.80. The molecule has 0 unspecified atom stereocenters. The predicted octanol–water partition coefficient (Wildman–Crippen LogP) is 1.32. The van der Waals surface area contributed by atoms with Gasteiger partial charge in [0.05, 0.1) is 24.5 Å². The van der Waals surface area contributed by atoms with Crippen molar-refractivity contribution in [1.82, 2.24) is 24.6 Å². The van der Waals surface area contributed by atoms with E-state index in [1.165, 1.54) is 5.56 Å². The van der Waals surface area contributed by atoms with Gasteiger partial charge in [0.25, 0.3) is 0 Å². The van der Waals surface area contributed by atoms with Gasteiger partial charge in [0, 0.05) is 56.9 Å². The molecular formula is C20H29N7O2. The molecule has 2 aliphatic rings. The fourth-order valence-corrected chi connectivity index (χ4v) is 4.53. The summed E-state index contributed by atoms with van der Waals surface area (Å²) in [5.41, 5.74) is 9.21. The molecule has 29 heavy (non-hydrogen) atoms. The lowest BCUT2D eigenvalue weighted by Gasteiger charge is -2.28. The lowest BCUT2D eigenvalue weighted by atomic mass is 9.94. The molecule has 0 spiro atoms. The van der Waals surface area contributed by atoms with Gasteiger partial charge in [0.2, 0.25) is 11.9 Å². The first-order valence-electron chi connectivity index (χ1n) is 10.2. The lowest BCUT2D eigenvalue weighted by Crippen LogP contribution is -2.33. The van der Waals surface area contributed by atoms with Crippen molar-refractivity contribution < 1.29 is 9.53 Å². The van der Waals surface area contributed by atoms with E-state index in [0.29, 0.717) is 32.1 Å². The van der Waals surface area contributed by atoms with Gasteiger partial charge in [-0.1, -0.05) is 0 Å². The molecule has 3 N–H and O–H groups in total. The summed E-state index contributed by atoms with van der Waals surface area (Å²) in [6.07, 6.45) is 8.51. The summed E-state index contributed by atoms with van der Waals surface area (Å²) >= 11 is 0. The van der Waals surface area contributed by atoms with Gasteiger partial charge >= 0.3 is 0 Å². The summed E-state index contributed by atoms with van der Waals surface area (Å²) in [7, 11) is 3.55. The second-order valence-corrected chi connectivity index (χ2v) is 7.88. The van der Waals surface area contributed by atoms with Crippen LogP contribution in [0, 0.1) is 5.92 Å². The fraction of sp³-hybridized carbons (Fsp3) is 0.600. The molecule has 2 atom stereocenters. The molecule has 9 heteroatoms. The van der Waals surface area contributed by atoms with Crippen LogP contribution >= 0.6 is 0 Å². The number of likely N-dealkylation sites (tertiary alicyclic amines) is 1. The molecule has 2 aromatic rings. The second-order valence-electron chi connectivity index (χ2n) is 7.88. The highest BCUT2D eigenvalue weighted by Gasteiger charge is 2.41. The van der Waals surface area contributed by atoms with Crippen molar-refractivity contribution in [2.45, 2.75) is 38.1 Å². The molecule has 4 rings (SSSR count). The van der Waals surface area contributed by atoms with Crippen LogP contribution in [0.2, 0.25) is 0 Å². The molecule has 2 aromatic heterocycles. The van der Waals surface area contributed by atoms with Crippen LogP contribution in [0.5, 0.6) is 0 Å². The van der Waals surface area contributed by atoms with Gasteiger partial charge in [-0.3, -0.25) is 9.48 Å². The van der Waals surface area contributed by atoms with Crippen molar-refractivity contribution in [2.24, 2.45) is 13.0 Å². The van der Waals surface area contributed by atoms with Crippen LogP contribution in [0.3, 0.4) is 0 Å². The van der Waals surface area contributed by atoms with Crippen LogP contribution in [-0.2, 0) is 29.4 Å². The SMILES string of the molecule is COCCN1C(=O)C[C@H](CNc2nc(N)nc3c2CCCC3)[C@H]1c1cnn(C)c1. The van der Waals surface area contributed by atoms with Gasteiger partial charge in [0.15, 0.2) is 0 Å². The maximum Gasteiger partial charge on any atom is 0.223 e. The fourth-order valence-electron chi connectivity index (χ4n) is 4.53. The number of nitrogens with one attached hydrogen (secondary N) is 1. The lowest BCUT2D eigenvalue weighted by molar-refractivity contribution is -0.129. The number of rotatable bonds is 7. The minimum Gasteiger partial charge on any atom is -0.383 e. The summed E-state index contributed by atoms with van der Waals surface area (Å²) < 4.78 is 7.00. The highest BCUT2D eigenvalue weighted by molar-refractivity contribution is 5.79. The van der Waals surface area contributed by atoms with Crippen molar-refractivity contribution in [3.8, 4) is 0 Å². The van der Waals surface area contributed by atoms with Gasteiger partial charge in [-0.25, -0.2) is 4.98 Å². The molecule has 1 fully saturated rings. The first kappa shape index (κ1) is 19.6. The van der Waals surface area contributed by atoms with Crippen molar-refractivity contribution in [2.75, 3.05) is 37.9 Å². The van der Waals surface area contributed by atoms with E-state index in [1.54, 1.807) is 11.8 Å². The van der Waals surface area contributed by atoms with Crippen LogP contribution < -0.4 is 11.1 Å². The average Bonchev–Trinajstić information content (AvgIpc) is 3.26. The molecule has 0 saturated carbocycles. The Balaban J connectivity index is 1.55. The van der Waals surface area contributed by atoms with Crippen LogP contribution in [-0.4, -0.2) is 57.4 Å². The number of aromatic nitrogens is 4. The number of aryl methyl sites for hydroxylation is 2. The molecule has 0 radical (unpaired) electrons. The minimum atomic E-state index is -0.0335. The maximum atomic E-state index is 12.7. The third kappa shape index (κ3) is 4.05. The number of ether oxygens (including phenoxy) is 1. The van der Waals surface area contributed by atoms with Gasteiger partial charge in [0.1, 0.15) is 5.82 Å². The Bertz CT molecular complexity index is 882. The predicted molar refractivity (Wildman–Crippen MR) is 109 cm³/mol. The summed E-state index contributed by atoms with van der Waals surface area (Å²) in [6.45, 7) is 1.72. The minimum absolute atomic E-state index is 0.0335. The highest BCUT2D eigenvalue weighted by atomic mass is 16.5. The zero-order valence-corrected chi connectivity index (χ0v) is 17.1. The normalized spacial score (nSPS) is 21.4. The van der Waals surface area contributed by atoms with Crippen molar-refractivity contribution in [1.29, 1.82) is 0 Å². The molecule has 0 aromatic carbocycles. The number of hydrogen-bond acceptors (Lipinski definition) is 7. The average molecular weight is 399 g/mol. The molecule has 1 aliphatic heterocycles. The molecule has 1 amide bonds. The number of nitrogens with two attached hydrogens (primary N) is 1. The number of carbonyl (C=O) groups excluding carboxylic acids is 1. The number of carbonyl (C=O) groups is 1. The number of nitrogen functional groups attached to an aromatic ring is 1. The van der Waals surface area contributed by atoms with Gasteiger partial charge < -0.3 is 20.7 Å². The van der Waals surface area contributed by atoms with Gasteiger partial charge in [-0.2, -0.15) is 10.1 Å². The zero-order valence-electron chi connectivity index (χ0n) is 17.1. The number of fused-ring (bicyclic) bond motifs is 1. The Morgan fingerprint density at radius 2 is 2.14 bits per heavy atom. The summed E-state index contributed by atoms with van der Waals surface area (Å²) in [4.78, 5) is 23.5. The first-order chi connectivity index (χ1) is 14.1. The zero-order chi connectivity index (χ0) is 20.4. The topological polar surface area (TPSA) is 111 Å². The monoisotopic (exact) mass is 399 g/mol. The second kappa shape index (κ2) is 8.36.